The highest BCUT2D eigenvalue weighted by Gasteiger charge is 2.24. The van der Waals surface area contributed by atoms with Crippen molar-refractivity contribution in [3.63, 3.8) is 0 Å². The van der Waals surface area contributed by atoms with Gasteiger partial charge in [0.2, 0.25) is 0 Å². The number of hydrogen-bond acceptors (Lipinski definition) is 3. The molecule has 0 spiro atoms. The van der Waals surface area contributed by atoms with Gasteiger partial charge in [-0.05, 0) is 48.0 Å². The summed E-state index contributed by atoms with van der Waals surface area (Å²) in [6.45, 7) is 2.43. The molecule has 0 atom stereocenters. The zero-order chi connectivity index (χ0) is 20.9. The highest BCUT2D eigenvalue weighted by Crippen LogP contribution is 2.14. The molecule has 7 nitrogen and oxygen atoms in total. The fourth-order valence-corrected chi connectivity index (χ4v) is 3.53. The van der Waals surface area contributed by atoms with Crippen LogP contribution in [-0.2, 0) is 6.54 Å². The summed E-state index contributed by atoms with van der Waals surface area (Å²) in [5.41, 5.74) is 2.54. The number of hydrogen-bond donors (Lipinski definition) is 1. The molecule has 1 aliphatic rings. The van der Waals surface area contributed by atoms with Gasteiger partial charge in [0.05, 0.1) is 5.69 Å². The van der Waals surface area contributed by atoms with Crippen LogP contribution < -0.4 is 5.32 Å². The van der Waals surface area contributed by atoms with E-state index in [9.17, 15) is 9.59 Å². The van der Waals surface area contributed by atoms with Crippen LogP contribution in [0.5, 0.6) is 0 Å². The molecule has 2 heterocycles. The van der Waals surface area contributed by atoms with E-state index in [0.29, 0.717) is 43.3 Å². The van der Waals surface area contributed by atoms with Gasteiger partial charge in [0, 0.05) is 55.7 Å². The first-order valence-electron chi connectivity index (χ1n) is 9.77. The highest BCUT2D eigenvalue weighted by molar-refractivity contribution is 6.30. The zero-order valence-electron chi connectivity index (χ0n) is 16.4. The van der Waals surface area contributed by atoms with Gasteiger partial charge >= 0.3 is 6.03 Å². The van der Waals surface area contributed by atoms with Gasteiger partial charge in [-0.15, -0.1) is 0 Å². The number of benzene rings is 2. The first-order chi connectivity index (χ1) is 14.6. The van der Waals surface area contributed by atoms with Crippen LogP contribution in [0.2, 0.25) is 5.02 Å². The molecule has 4 rings (SSSR count). The molecule has 1 N–H and O–H groups in total. The van der Waals surface area contributed by atoms with Crippen molar-refractivity contribution in [2.75, 3.05) is 26.2 Å². The summed E-state index contributed by atoms with van der Waals surface area (Å²) in [7, 11) is 0. The van der Waals surface area contributed by atoms with Crippen LogP contribution in [-0.4, -0.2) is 57.7 Å². The minimum Gasteiger partial charge on any atom is -0.335 e. The number of carbonyl (C=O) groups excluding carboxylic acids is 2. The summed E-state index contributed by atoms with van der Waals surface area (Å²) in [6.07, 6.45) is 3.61. The van der Waals surface area contributed by atoms with Crippen molar-refractivity contribution in [3.8, 4) is 5.69 Å². The summed E-state index contributed by atoms with van der Waals surface area (Å²) in [5, 5.41) is 7.79. The van der Waals surface area contributed by atoms with Crippen molar-refractivity contribution >= 4 is 23.5 Å². The predicted molar refractivity (Wildman–Crippen MR) is 115 cm³/mol. The molecule has 2 aromatic carbocycles. The molecule has 1 fully saturated rings. The molecule has 3 amide bonds. The van der Waals surface area contributed by atoms with Gasteiger partial charge in [0.15, 0.2) is 0 Å². The Balaban J connectivity index is 1.28. The Kier molecular flexibility index (Phi) is 5.99. The first-order valence-corrected chi connectivity index (χ1v) is 10.1. The molecule has 0 bridgehead atoms. The molecule has 1 aliphatic heterocycles. The van der Waals surface area contributed by atoms with E-state index in [-0.39, 0.29) is 11.9 Å². The Morgan fingerprint density at radius 1 is 0.967 bits per heavy atom. The van der Waals surface area contributed by atoms with E-state index in [4.69, 9.17) is 11.6 Å². The number of nitrogens with zero attached hydrogens (tertiary/aromatic N) is 4. The van der Waals surface area contributed by atoms with Crippen molar-refractivity contribution < 1.29 is 9.59 Å². The van der Waals surface area contributed by atoms with Crippen molar-refractivity contribution in [1.82, 2.24) is 24.9 Å². The van der Waals surface area contributed by atoms with E-state index in [2.05, 4.69) is 10.4 Å². The molecule has 3 aromatic rings. The summed E-state index contributed by atoms with van der Waals surface area (Å²) >= 11 is 5.88. The highest BCUT2D eigenvalue weighted by atomic mass is 35.5. The van der Waals surface area contributed by atoms with E-state index < -0.39 is 0 Å². The Morgan fingerprint density at radius 3 is 2.40 bits per heavy atom. The Hall–Kier alpha value is -3.32. The summed E-state index contributed by atoms with van der Waals surface area (Å²) < 4.78 is 1.78. The van der Waals surface area contributed by atoms with Gasteiger partial charge in [-0.1, -0.05) is 23.7 Å². The van der Waals surface area contributed by atoms with E-state index in [1.54, 1.807) is 44.9 Å². The molecular weight excluding hydrogens is 402 g/mol. The molecule has 154 valence electrons. The average molecular weight is 424 g/mol. The van der Waals surface area contributed by atoms with E-state index in [1.165, 1.54) is 0 Å². The smallest absolute Gasteiger partial charge is 0.317 e. The second-order valence-corrected chi connectivity index (χ2v) is 7.50. The van der Waals surface area contributed by atoms with E-state index in [0.717, 1.165) is 11.3 Å². The SMILES string of the molecule is O=C(NCc1cccc(-n2cccn2)c1)N1CCN(C(=O)c2ccc(Cl)cc2)CC1. The predicted octanol–water partition coefficient (Wildman–Crippen LogP) is 3.19. The molecule has 0 unspecified atom stereocenters. The van der Waals surface area contributed by atoms with Gasteiger partial charge < -0.3 is 15.1 Å². The number of halogens is 1. The van der Waals surface area contributed by atoms with Crippen LogP contribution in [0.1, 0.15) is 15.9 Å². The Morgan fingerprint density at radius 2 is 1.70 bits per heavy atom. The van der Waals surface area contributed by atoms with Crippen LogP contribution in [0.3, 0.4) is 0 Å². The van der Waals surface area contributed by atoms with Crippen molar-refractivity contribution in [2.45, 2.75) is 6.54 Å². The third-order valence-electron chi connectivity index (χ3n) is 5.07. The molecule has 30 heavy (non-hydrogen) atoms. The summed E-state index contributed by atoms with van der Waals surface area (Å²) in [5.74, 6) is -0.0397. The number of rotatable bonds is 4. The minimum absolute atomic E-state index is 0.0397. The topological polar surface area (TPSA) is 70.5 Å². The number of amides is 3. The monoisotopic (exact) mass is 423 g/mol. The molecule has 0 radical (unpaired) electrons. The van der Waals surface area contributed by atoms with Crippen molar-refractivity contribution in [3.05, 3.63) is 83.1 Å². The number of piperazine rings is 1. The summed E-state index contributed by atoms with van der Waals surface area (Å²) in [6, 6.07) is 16.5. The van der Waals surface area contributed by atoms with E-state index >= 15 is 0 Å². The summed E-state index contributed by atoms with van der Waals surface area (Å²) in [4.78, 5) is 28.6. The van der Waals surface area contributed by atoms with Crippen LogP contribution in [0.25, 0.3) is 5.69 Å². The van der Waals surface area contributed by atoms with Gasteiger partial charge in [0.1, 0.15) is 0 Å². The normalized spacial score (nSPS) is 13.9. The lowest BCUT2D eigenvalue weighted by Crippen LogP contribution is -2.53. The zero-order valence-corrected chi connectivity index (χ0v) is 17.1. The van der Waals surface area contributed by atoms with E-state index in [1.807, 2.05) is 36.5 Å². The fraction of sp³-hybridized carbons (Fsp3) is 0.227. The maximum atomic E-state index is 12.6. The second-order valence-electron chi connectivity index (χ2n) is 7.07. The van der Waals surface area contributed by atoms with Gasteiger partial charge in [-0.25, -0.2) is 9.48 Å². The maximum Gasteiger partial charge on any atom is 0.317 e. The van der Waals surface area contributed by atoms with Gasteiger partial charge in [-0.3, -0.25) is 4.79 Å². The van der Waals surface area contributed by atoms with Crippen molar-refractivity contribution in [1.29, 1.82) is 0 Å². The standard InChI is InChI=1S/C22H22ClN5O2/c23-19-7-5-18(6-8-19)21(29)26-11-13-27(14-12-26)22(30)24-16-17-3-1-4-20(15-17)28-10-2-9-25-28/h1-10,15H,11-14,16H2,(H,24,30). The van der Waals surface area contributed by atoms with Crippen molar-refractivity contribution in [2.24, 2.45) is 0 Å². The largest absolute Gasteiger partial charge is 0.335 e. The molecule has 0 saturated carbocycles. The molecular formula is C22H22ClN5O2. The van der Waals surface area contributed by atoms with Gasteiger partial charge in [0.25, 0.3) is 5.91 Å². The molecule has 0 aliphatic carbocycles. The fourth-order valence-electron chi connectivity index (χ4n) is 3.41. The average Bonchev–Trinajstić information content (AvgIpc) is 3.33. The second kappa shape index (κ2) is 9.00. The number of nitrogens with one attached hydrogen (secondary N) is 1. The number of urea groups is 1. The third-order valence-corrected chi connectivity index (χ3v) is 5.32. The Bertz CT molecular complexity index is 1010. The Labute approximate surface area is 179 Å². The molecule has 1 aromatic heterocycles. The molecule has 1 saturated heterocycles. The first kappa shape index (κ1) is 20.0. The third kappa shape index (κ3) is 4.63. The minimum atomic E-state index is -0.127. The lowest BCUT2D eigenvalue weighted by atomic mass is 10.2. The van der Waals surface area contributed by atoms with Crippen LogP contribution in [0.4, 0.5) is 4.79 Å². The van der Waals surface area contributed by atoms with Crippen LogP contribution in [0, 0.1) is 0 Å². The molecule has 8 heteroatoms. The van der Waals surface area contributed by atoms with Gasteiger partial charge in [-0.2, -0.15) is 5.10 Å². The number of carbonyl (C=O) groups is 2. The quantitative estimate of drug-likeness (QED) is 0.700. The maximum absolute atomic E-state index is 12.6. The lowest BCUT2D eigenvalue weighted by molar-refractivity contribution is 0.0665. The van der Waals surface area contributed by atoms with Crippen LogP contribution >= 0.6 is 11.6 Å². The number of aromatic nitrogens is 2. The lowest BCUT2D eigenvalue weighted by Gasteiger charge is -2.34. The van der Waals surface area contributed by atoms with Crippen LogP contribution in [0.15, 0.2) is 67.0 Å².